The van der Waals surface area contributed by atoms with E-state index in [1.165, 1.54) is 6.26 Å². The molecule has 2 aromatic rings. The number of furan rings is 1. The van der Waals surface area contributed by atoms with Crippen LogP contribution in [-0.2, 0) is 0 Å². The summed E-state index contributed by atoms with van der Waals surface area (Å²) in [5, 5.41) is 1.97. The molecule has 0 spiro atoms. The summed E-state index contributed by atoms with van der Waals surface area (Å²) in [5.41, 5.74) is 1.08. The van der Waals surface area contributed by atoms with Gasteiger partial charge in [-0.2, -0.15) is 0 Å². The summed E-state index contributed by atoms with van der Waals surface area (Å²) in [6, 6.07) is 3.42. The molecule has 72 valence electrons. The molecular formula is C10H7ClO2S. The van der Waals surface area contributed by atoms with Crippen molar-refractivity contribution in [2.75, 3.05) is 0 Å². The Bertz CT molecular complexity index is 470. The van der Waals surface area contributed by atoms with Gasteiger partial charge in [-0.3, -0.25) is 4.79 Å². The monoisotopic (exact) mass is 226 g/mol. The second-order valence-electron chi connectivity index (χ2n) is 2.88. The number of ketones is 1. The van der Waals surface area contributed by atoms with E-state index in [1.807, 2.05) is 18.4 Å². The average molecular weight is 227 g/mol. The lowest BCUT2D eigenvalue weighted by Crippen LogP contribution is -1.97. The van der Waals surface area contributed by atoms with Crippen LogP contribution in [0.3, 0.4) is 0 Å². The summed E-state index contributed by atoms with van der Waals surface area (Å²) in [4.78, 5) is 12.9. The van der Waals surface area contributed by atoms with Crippen molar-refractivity contribution >= 4 is 28.7 Å². The maximum atomic E-state index is 11.8. The van der Waals surface area contributed by atoms with E-state index in [1.54, 1.807) is 17.4 Å². The van der Waals surface area contributed by atoms with Crippen molar-refractivity contribution in [3.05, 3.63) is 45.0 Å². The predicted molar refractivity (Wildman–Crippen MR) is 56.2 cm³/mol. The smallest absolute Gasteiger partial charge is 0.204 e. The van der Waals surface area contributed by atoms with Gasteiger partial charge in [-0.15, -0.1) is 11.3 Å². The van der Waals surface area contributed by atoms with Crippen molar-refractivity contribution in [2.45, 2.75) is 6.92 Å². The fourth-order valence-electron chi connectivity index (χ4n) is 1.17. The number of carbonyl (C=O) groups is 1. The number of hydrogen-bond donors (Lipinski definition) is 0. The van der Waals surface area contributed by atoms with Crippen LogP contribution in [-0.4, -0.2) is 5.78 Å². The zero-order valence-electron chi connectivity index (χ0n) is 7.41. The van der Waals surface area contributed by atoms with Gasteiger partial charge >= 0.3 is 0 Å². The molecular weight excluding hydrogens is 220 g/mol. The van der Waals surface area contributed by atoms with Crippen LogP contribution in [0, 0.1) is 6.92 Å². The molecule has 2 heterocycles. The molecule has 0 aromatic carbocycles. The van der Waals surface area contributed by atoms with E-state index in [4.69, 9.17) is 16.0 Å². The molecule has 0 aliphatic carbocycles. The minimum Gasteiger partial charge on any atom is -0.452 e. The van der Waals surface area contributed by atoms with E-state index >= 15 is 0 Å². The molecule has 0 saturated heterocycles. The molecule has 0 aliphatic heterocycles. The van der Waals surface area contributed by atoms with Gasteiger partial charge in [0.25, 0.3) is 0 Å². The Hall–Kier alpha value is -1.06. The van der Waals surface area contributed by atoms with Crippen LogP contribution in [0.25, 0.3) is 0 Å². The van der Waals surface area contributed by atoms with Crippen LogP contribution in [0.4, 0.5) is 0 Å². The molecule has 2 aromatic heterocycles. The van der Waals surface area contributed by atoms with Gasteiger partial charge in [0.2, 0.25) is 5.22 Å². The van der Waals surface area contributed by atoms with E-state index in [9.17, 15) is 4.79 Å². The summed E-state index contributed by atoms with van der Waals surface area (Å²) < 4.78 is 4.86. The highest BCUT2D eigenvalue weighted by Crippen LogP contribution is 2.22. The van der Waals surface area contributed by atoms with Crippen LogP contribution >= 0.6 is 22.9 Å². The van der Waals surface area contributed by atoms with Gasteiger partial charge in [-0.25, -0.2) is 0 Å². The number of aryl methyl sites for hydroxylation is 1. The minimum atomic E-state index is -0.0897. The van der Waals surface area contributed by atoms with Crippen LogP contribution in [0.15, 0.2) is 28.2 Å². The minimum absolute atomic E-state index is 0.0897. The Balaban J connectivity index is 2.38. The molecule has 0 radical (unpaired) electrons. The molecule has 2 nitrogen and oxygen atoms in total. The SMILES string of the molecule is Cc1cc(C(=O)c2ccoc2Cl)cs1. The van der Waals surface area contributed by atoms with Crippen molar-refractivity contribution in [3.63, 3.8) is 0 Å². The van der Waals surface area contributed by atoms with E-state index < -0.39 is 0 Å². The lowest BCUT2D eigenvalue weighted by Gasteiger charge is -1.92. The molecule has 0 N–H and O–H groups in total. The molecule has 0 fully saturated rings. The normalized spacial score (nSPS) is 10.4. The van der Waals surface area contributed by atoms with Crippen LogP contribution in [0.1, 0.15) is 20.8 Å². The highest BCUT2D eigenvalue weighted by Gasteiger charge is 2.15. The van der Waals surface area contributed by atoms with Gasteiger partial charge in [-0.05, 0) is 30.7 Å². The standard InChI is InChI=1S/C10H7ClO2S/c1-6-4-7(5-14-6)9(12)8-2-3-13-10(8)11/h2-5H,1H3. The molecule has 0 saturated carbocycles. The number of hydrogen-bond acceptors (Lipinski definition) is 3. The topological polar surface area (TPSA) is 30.2 Å². The van der Waals surface area contributed by atoms with Gasteiger partial charge in [-0.1, -0.05) is 0 Å². The summed E-state index contributed by atoms with van der Waals surface area (Å²) in [7, 11) is 0. The first-order valence-corrected chi connectivity index (χ1v) is 5.27. The van der Waals surface area contributed by atoms with Crippen LogP contribution in [0.5, 0.6) is 0 Å². The second kappa shape index (κ2) is 3.59. The largest absolute Gasteiger partial charge is 0.452 e. The van der Waals surface area contributed by atoms with Crippen molar-refractivity contribution in [1.82, 2.24) is 0 Å². The van der Waals surface area contributed by atoms with Gasteiger partial charge < -0.3 is 4.42 Å². The molecule has 0 unspecified atom stereocenters. The maximum Gasteiger partial charge on any atom is 0.204 e. The summed E-state index contributed by atoms with van der Waals surface area (Å²) >= 11 is 7.25. The molecule has 0 aliphatic rings. The van der Waals surface area contributed by atoms with E-state index in [0.29, 0.717) is 11.1 Å². The lowest BCUT2D eigenvalue weighted by molar-refractivity contribution is 0.103. The third-order valence-electron chi connectivity index (χ3n) is 1.86. The lowest BCUT2D eigenvalue weighted by atomic mass is 10.1. The summed E-state index contributed by atoms with van der Waals surface area (Å²) in [6.07, 6.45) is 1.41. The Morgan fingerprint density at radius 1 is 1.57 bits per heavy atom. The third-order valence-corrected chi connectivity index (χ3v) is 3.01. The predicted octanol–water partition coefficient (Wildman–Crippen LogP) is 3.53. The fraction of sp³-hybridized carbons (Fsp3) is 0.100. The molecule has 2 rings (SSSR count). The first-order chi connectivity index (χ1) is 6.68. The zero-order valence-corrected chi connectivity index (χ0v) is 8.98. The number of thiophene rings is 1. The van der Waals surface area contributed by atoms with E-state index in [0.717, 1.165) is 4.88 Å². The summed E-state index contributed by atoms with van der Waals surface area (Å²) in [6.45, 7) is 1.96. The Morgan fingerprint density at radius 2 is 2.36 bits per heavy atom. The second-order valence-corrected chi connectivity index (χ2v) is 4.34. The number of halogens is 1. The van der Waals surface area contributed by atoms with Gasteiger partial charge in [0.1, 0.15) is 0 Å². The van der Waals surface area contributed by atoms with Crippen molar-refractivity contribution in [1.29, 1.82) is 0 Å². The first-order valence-electron chi connectivity index (χ1n) is 4.01. The van der Waals surface area contributed by atoms with Crippen LogP contribution in [0.2, 0.25) is 5.22 Å². The number of rotatable bonds is 2. The average Bonchev–Trinajstić information content (AvgIpc) is 2.73. The Kier molecular flexibility index (Phi) is 2.44. The Morgan fingerprint density at radius 3 is 2.86 bits per heavy atom. The molecule has 14 heavy (non-hydrogen) atoms. The van der Waals surface area contributed by atoms with Crippen molar-refractivity contribution in [2.24, 2.45) is 0 Å². The molecule has 0 atom stereocenters. The highest BCUT2D eigenvalue weighted by atomic mass is 35.5. The fourth-order valence-corrected chi connectivity index (χ4v) is 2.06. The Labute approximate surface area is 90.1 Å². The quantitative estimate of drug-likeness (QED) is 0.734. The molecule has 4 heteroatoms. The zero-order chi connectivity index (χ0) is 10.1. The maximum absolute atomic E-state index is 11.8. The molecule has 0 amide bonds. The van der Waals surface area contributed by atoms with E-state index in [2.05, 4.69) is 0 Å². The molecule has 0 bridgehead atoms. The summed E-state index contributed by atoms with van der Waals surface area (Å²) in [5.74, 6) is -0.0897. The van der Waals surface area contributed by atoms with Crippen molar-refractivity contribution < 1.29 is 9.21 Å². The van der Waals surface area contributed by atoms with Gasteiger partial charge in [0.05, 0.1) is 11.8 Å². The van der Waals surface area contributed by atoms with Crippen LogP contribution < -0.4 is 0 Å². The van der Waals surface area contributed by atoms with Crippen molar-refractivity contribution in [3.8, 4) is 0 Å². The highest BCUT2D eigenvalue weighted by molar-refractivity contribution is 7.10. The van der Waals surface area contributed by atoms with E-state index in [-0.39, 0.29) is 11.0 Å². The first kappa shape index (κ1) is 9.49. The van der Waals surface area contributed by atoms with Gasteiger partial charge in [0.15, 0.2) is 5.78 Å². The van der Waals surface area contributed by atoms with Gasteiger partial charge in [0, 0.05) is 15.8 Å². The third kappa shape index (κ3) is 1.61. The number of carbonyl (C=O) groups excluding carboxylic acids is 1.